The first-order valence-corrected chi connectivity index (χ1v) is 11.4. The molecule has 0 radical (unpaired) electrons. The smallest absolute Gasteiger partial charge is 0.304 e. The van der Waals surface area contributed by atoms with E-state index in [1.807, 2.05) is 25.1 Å². The van der Waals surface area contributed by atoms with Crippen LogP contribution in [0.3, 0.4) is 0 Å². The van der Waals surface area contributed by atoms with Gasteiger partial charge in [-0.15, -0.1) is 0 Å². The number of aryl methyl sites for hydroxylation is 3. The number of carboxylic acids is 1. The minimum atomic E-state index is -0.788. The van der Waals surface area contributed by atoms with Crippen LogP contribution in [-0.4, -0.2) is 35.8 Å². The van der Waals surface area contributed by atoms with E-state index in [4.69, 9.17) is 19.6 Å². The van der Waals surface area contributed by atoms with Crippen molar-refractivity contribution in [2.45, 2.75) is 39.0 Å². The van der Waals surface area contributed by atoms with E-state index in [0.717, 1.165) is 48.0 Å². The van der Waals surface area contributed by atoms with Crippen molar-refractivity contribution in [2.24, 2.45) is 0 Å². The lowest BCUT2D eigenvalue weighted by Gasteiger charge is -2.32. The Bertz CT molecular complexity index is 1210. The van der Waals surface area contributed by atoms with Crippen LogP contribution in [0.5, 0.6) is 11.5 Å². The highest BCUT2D eigenvalue weighted by Crippen LogP contribution is 2.38. The maximum absolute atomic E-state index is 11.1. The number of carboxylic acid groups (broad SMARTS) is 1. The molecule has 2 aromatic carbocycles. The van der Waals surface area contributed by atoms with Crippen molar-refractivity contribution in [1.29, 1.82) is 0 Å². The molecule has 3 aromatic rings. The van der Waals surface area contributed by atoms with E-state index >= 15 is 0 Å². The van der Waals surface area contributed by atoms with Gasteiger partial charge in [-0.1, -0.05) is 24.3 Å². The normalized spacial score (nSPS) is 16.5. The Morgan fingerprint density at radius 1 is 1.09 bits per heavy atom. The second kappa shape index (κ2) is 8.77. The van der Waals surface area contributed by atoms with Crippen LogP contribution < -0.4 is 14.4 Å². The van der Waals surface area contributed by atoms with Gasteiger partial charge in [0.15, 0.2) is 11.6 Å². The van der Waals surface area contributed by atoms with Crippen molar-refractivity contribution in [3.63, 3.8) is 0 Å². The van der Waals surface area contributed by atoms with E-state index in [0.29, 0.717) is 13.2 Å². The fourth-order valence-corrected chi connectivity index (χ4v) is 4.79. The van der Waals surface area contributed by atoms with Gasteiger partial charge >= 0.3 is 5.97 Å². The highest BCUT2D eigenvalue weighted by atomic mass is 16.5. The third kappa shape index (κ3) is 4.25. The molecule has 0 amide bonds. The van der Waals surface area contributed by atoms with Crippen molar-refractivity contribution >= 4 is 17.5 Å². The number of aliphatic carboxylic acids is 1. The summed E-state index contributed by atoms with van der Waals surface area (Å²) in [6, 6.07) is 16.7. The average Bonchev–Trinajstić information content (AvgIpc) is 3.19. The highest BCUT2D eigenvalue weighted by Gasteiger charge is 2.26. The van der Waals surface area contributed by atoms with Crippen molar-refractivity contribution in [1.82, 2.24) is 4.98 Å². The van der Waals surface area contributed by atoms with Crippen LogP contribution in [0.2, 0.25) is 0 Å². The molecule has 2 aliphatic heterocycles. The molecule has 0 unspecified atom stereocenters. The average molecular weight is 445 g/mol. The number of hydrogen-bond acceptors (Lipinski definition) is 5. The summed E-state index contributed by atoms with van der Waals surface area (Å²) in [6.45, 7) is 6.03. The van der Waals surface area contributed by atoms with Gasteiger partial charge < -0.3 is 19.5 Å². The van der Waals surface area contributed by atoms with Gasteiger partial charge in [-0.25, -0.2) is 4.98 Å². The van der Waals surface area contributed by atoms with Gasteiger partial charge in [0.05, 0.1) is 19.6 Å². The molecule has 0 saturated heterocycles. The number of rotatable bonds is 6. The summed E-state index contributed by atoms with van der Waals surface area (Å²) in [5.74, 6) is 1.70. The summed E-state index contributed by atoms with van der Waals surface area (Å²) in [5, 5.41) is 9.10. The number of carbonyl (C=O) groups is 1. The van der Waals surface area contributed by atoms with Gasteiger partial charge in [0.1, 0.15) is 12.4 Å². The molecule has 2 aliphatic rings. The standard InChI is InChI=1S/C27H28N2O4/c1-17-6-11-24-27(28-17)29(12-13-32-24)23-5-3-4-20(18(23)2)9-7-19-8-10-22-21(15-26(30)31)16-33-25(22)14-19/h3-6,8,10-11,14,21H,7,9,12-13,15-16H2,1-2H3,(H,30,31)/t21-/m1/s1. The Morgan fingerprint density at radius 2 is 1.97 bits per heavy atom. The van der Waals surface area contributed by atoms with Gasteiger partial charge in [-0.3, -0.25) is 4.79 Å². The number of anilines is 2. The SMILES string of the molecule is Cc1ccc2c(n1)N(c1cccc(CCc3ccc4c(c3)OC[C@H]4CC(=O)O)c1C)CCO2. The summed E-state index contributed by atoms with van der Waals surface area (Å²) < 4.78 is 11.6. The molecule has 6 heteroatoms. The van der Waals surface area contributed by atoms with Crippen LogP contribution >= 0.6 is 0 Å². The number of nitrogens with zero attached hydrogens (tertiary/aromatic N) is 2. The Labute approximate surface area is 193 Å². The topological polar surface area (TPSA) is 71.9 Å². The van der Waals surface area contributed by atoms with E-state index in [1.165, 1.54) is 22.4 Å². The molecule has 1 aromatic heterocycles. The molecule has 0 aliphatic carbocycles. The number of hydrogen-bond donors (Lipinski definition) is 1. The van der Waals surface area contributed by atoms with Gasteiger partial charge in [0.2, 0.25) is 0 Å². The summed E-state index contributed by atoms with van der Waals surface area (Å²) in [7, 11) is 0. The van der Waals surface area contributed by atoms with E-state index in [2.05, 4.69) is 42.2 Å². The van der Waals surface area contributed by atoms with E-state index in [9.17, 15) is 4.79 Å². The molecule has 0 spiro atoms. The molecule has 1 N–H and O–H groups in total. The van der Waals surface area contributed by atoms with Gasteiger partial charge in [0.25, 0.3) is 0 Å². The van der Waals surface area contributed by atoms with Crippen LogP contribution in [0.4, 0.5) is 11.5 Å². The zero-order chi connectivity index (χ0) is 22.9. The number of benzene rings is 2. The van der Waals surface area contributed by atoms with Crippen molar-refractivity contribution in [3.8, 4) is 11.5 Å². The second-order valence-corrected chi connectivity index (χ2v) is 8.81. The zero-order valence-electron chi connectivity index (χ0n) is 19.0. The Hall–Kier alpha value is -3.54. The number of ether oxygens (including phenoxy) is 2. The molecule has 0 fully saturated rings. The lowest BCUT2D eigenvalue weighted by molar-refractivity contribution is -0.137. The molecule has 33 heavy (non-hydrogen) atoms. The van der Waals surface area contributed by atoms with E-state index < -0.39 is 5.97 Å². The first kappa shape index (κ1) is 21.3. The molecule has 1 atom stereocenters. The maximum Gasteiger partial charge on any atom is 0.304 e. The molecule has 0 bridgehead atoms. The fraction of sp³-hybridized carbons (Fsp3) is 0.333. The lowest BCUT2D eigenvalue weighted by Crippen LogP contribution is -2.30. The van der Waals surface area contributed by atoms with Crippen LogP contribution in [-0.2, 0) is 17.6 Å². The highest BCUT2D eigenvalue weighted by molar-refractivity contribution is 5.70. The quantitative estimate of drug-likeness (QED) is 0.579. The van der Waals surface area contributed by atoms with Gasteiger partial charge in [-0.05, 0) is 67.6 Å². The van der Waals surface area contributed by atoms with Crippen molar-refractivity contribution in [3.05, 3.63) is 76.5 Å². The minimum absolute atomic E-state index is 0.0564. The van der Waals surface area contributed by atoms with Crippen molar-refractivity contribution in [2.75, 3.05) is 24.7 Å². The lowest BCUT2D eigenvalue weighted by atomic mass is 9.94. The minimum Gasteiger partial charge on any atom is -0.493 e. The Kier molecular flexibility index (Phi) is 5.67. The van der Waals surface area contributed by atoms with Crippen LogP contribution in [0, 0.1) is 13.8 Å². The summed E-state index contributed by atoms with van der Waals surface area (Å²) >= 11 is 0. The van der Waals surface area contributed by atoms with Gasteiger partial charge in [-0.2, -0.15) is 0 Å². The van der Waals surface area contributed by atoms with Crippen molar-refractivity contribution < 1.29 is 19.4 Å². The molecule has 0 saturated carbocycles. The number of fused-ring (bicyclic) bond motifs is 2. The van der Waals surface area contributed by atoms with Crippen LogP contribution in [0.1, 0.15) is 40.3 Å². The van der Waals surface area contributed by atoms with Crippen LogP contribution in [0.25, 0.3) is 0 Å². The van der Waals surface area contributed by atoms with E-state index in [1.54, 1.807) is 0 Å². The fourth-order valence-electron chi connectivity index (χ4n) is 4.79. The maximum atomic E-state index is 11.1. The molecule has 5 rings (SSSR count). The van der Waals surface area contributed by atoms with Gasteiger partial charge in [0, 0.05) is 22.9 Å². The molecule has 6 nitrogen and oxygen atoms in total. The summed E-state index contributed by atoms with van der Waals surface area (Å²) in [5.41, 5.74) is 6.91. The largest absolute Gasteiger partial charge is 0.493 e. The monoisotopic (exact) mass is 444 g/mol. The summed E-state index contributed by atoms with van der Waals surface area (Å²) in [4.78, 5) is 18.1. The van der Waals surface area contributed by atoms with E-state index in [-0.39, 0.29) is 12.3 Å². The second-order valence-electron chi connectivity index (χ2n) is 8.81. The molecule has 170 valence electrons. The third-order valence-corrected chi connectivity index (χ3v) is 6.58. The zero-order valence-corrected chi connectivity index (χ0v) is 19.0. The molecule has 3 heterocycles. The third-order valence-electron chi connectivity index (χ3n) is 6.58. The molecular weight excluding hydrogens is 416 g/mol. The van der Waals surface area contributed by atoms with Crippen LogP contribution in [0.15, 0.2) is 48.5 Å². The molecular formula is C27H28N2O4. The Balaban J connectivity index is 1.34. The number of pyridine rings is 1. The number of aromatic nitrogens is 1. The predicted octanol–water partition coefficient (Wildman–Crippen LogP) is 4.96. The Morgan fingerprint density at radius 3 is 2.82 bits per heavy atom. The first-order valence-electron chi connectivity index (χ1n) is 11.4. The first-order chi connectivity index (χ1) is 16.0. The predicted molar refractivity (Wildman–Crippen MR) is 127 cm³/mol. The summed E-state index contributed by atoms with van der Waals surface area (Å²) in [6.07, 6.45) is 1.91.